The van der Waals surface area contributed by atoms with Crippen LogP contribution in [0.15, 0.2) is 29.2 Å². The fraction of sp³-hybridized carbons (Fsp3) is 0.565. The summed E-state index contributed by atoms with van der Waals surface area (Å²) >= 11 is 0. The first-order valence-electron chi connectivity index (χ1n) is 11.6. The van der Waals surface area contributed by atoms with E-state index in [1.54, 1.807) is 6.20 Å². The van der Waals surface area contributed by atoms with Crippen molar-refractivity contribution in [3.05, 3.63) is 34.7 Å². The lowest BCUT2D eigenvalue weighted by molar-refractivity contribution is -0.133. The van der Waals surface area contributed by atoms with Crippen LogP contribution >= 0.6 is 0 Å². The van der Waals surface area contributed by atoms with E-state index in [1.807, 2.05) is 25.1 Å². The number of carbonyl (C=O) groups is 2. The number of piperazine rings is 1. The van der Waals surface area contributed by atoms with Crippen molar-refractivity contribution in [3.8, 4) is 0 Å². The molecular weight excluding hydrogens is 408 g/mol. The van der Waals surface area contributed by atoms with Crippen molar-refractivity contribution in [1.29, 1.82) is 0 Å². The molecule has 9 heteroatoms. The molecule has 0 aliphatic carbocycles. The number of rotatable bonds is 3. The van der Waals surface area contributed by atoms with Gasteiger partial charge < -0.3 is 10.2 Å². The summed E-state index contributed by atoms with van der Waals surface area (Å²) in [4.78, 5) is 44.0. The molecule has 3 aliphatic heterocycles. The molecule has 1 aromatic carbocycles. The minimum atomic E-state index is -0.434. The predicted octanol–water partition coefficient (Wildman–Crippen LogP) is 0.692. The van der Waals surface area contributed by atoms with Gasteiger partial charge in [-0.25, -0.2) is 0 Å². The molecule has 0 unspecified atom stereocenters. The molecule has 0 atom stereocenters. The number of imide groups is 1. The first-order valence-corrected chi connectivity index (χ1v) is 11.6. The van der Waals surface area contributed by atoms with Gasteiger partial charge in [0, 0.05) is 69.2 Å². The summed E-state index contributed by atoms with van der Waals surface area (Å²) in [6, 6.07) is 6.42. The number of benzene rings is 1. The lowest BCUT2D eigenvalue weighted by atomic mass is 9.99. The molecule has 0 saturated carbocycles. The lowest BCUT2D eigenvalue weighted by Gasteiger charge is -2.41. The van der Waals surface area contributed by atoms with Gasteiger partial charge in [-0.05, 0) is 30.9 Å². The minimum Gasteiger partial charge on any atom is -0.371 e. The van der Waals surface area contributed by atoms with Gasteiger partial charge in [-0.2, -0.15) is 10.1 Å². The fourth-order valence-electron chi connectivity index (χ4n) is 5.19. The van der Waals surface area contributed by atoms with Crippen LogP contribution in [-0.4, -0.2) is 71.9 Å². The molecule has 32 heavy (non-hydrogen) atoms. The van der Waals surface area contributed by atoms with Crippen LogP contribution in [-0.2, 0) is 9.59 Å². The molecule has 1 N–H and O–H groups in total. The van der Waals surface area contributed by atoms with Crippen LogP contribution in [0.4, 0.5) is 5.69 Å². The van der Waals surface area contributed by atoms with Gasteiger partial charge in [0.05, 0.1) is 11.6 Å². The maximum Gasteiger partial charge on any atom is 0.294 e. The maximum absolute atomic E-state index is 13.2. The maximum atomic E-state index is 13.2. The second-order valence-electron chi connectivity index (χ2n) is 9.23. The highest BCUT2D eigenvalue weighted by Crippen LogP contribution is 2.25. The Hall–Kier alpha value is -2.78. The zero-order chi connectivity index (χ0) is 22.2. The third-order valence-corrected chi connectivity index (χ3v) is 6.96. The average molecular weight is 439 g/mol. The monoisotopic (exact) mass is 438 g/mol. The Labute approximate surface area is 186 Å². The molecule has 9 nitrogen and oxygen atoms in total. The smallest absolute Gasteiger partial charge is 0.294 e. The van der Waals surface area contributed by atoms with Crippen LogP contribution in [0.25, 0.3) is 10.8 Å². The second-order valence-corrected chi connectivity index (χ2v) is 9.23. The van der Waals surface area contributed by atoms with Crippen LogP contribution in [0.3, 0.4) is 0 Å². The van der Waals surface area contributed by atoms with Gasteiger partial charge in [-0.1, -0.05) is 13.0 Å². The van der Waals surface area contributed by atoms with E-state index in [0.29, 0.717) is 16.8 Å². The Kier molecular flexibility index (Phi) is 5.69. The summed E-state index contributed by atoms with van der Waals surface area (Å²) in [6.45, 7) is 8.10. The van der Waals surface area contributed by atoms with E-state index in [0.717, 1.165) is 67.6 Å². The van der Waals surface area contributed by atoms with Crippen molar-refractivity contribution in [2.75, 3.05) is 49.2 Å². The van der Waals surface area contributed by atoms with Gasteiger partial charge in [0.25, 0.3) is 5.56 Å². The van der Waals surface area contributed by atoms with Gasteiger partial charge >= 0.3 is 0 Å². The summed E-state index contributed by atoms with van der Waals surface area (Å²) in [7, 11) is 0. The summed E-state index contributed by atoms with van der Waals surface area (Å²) in [5.74, 6) is -0.777. The quantitative estimate of drug-likeness (QED) is 0.705. The molecule has 2 aromatic rings. The zero-order valence-corrected chi connectivity index (χ0v) is 18.5. The van der Waals surface area contributed by atoms with Gasteiger partial charge in [0.1, 0.15) is 0 Å². The number of nitrogens with one attached hydrogen (secondary N) is 1. The first kappa shape index (κ1) is 21.1. The molecule has 2 amide bonds. The molecule has 3 saturated heterocycles. The SMILES string of the molecule is CC1CC(=O)N(n2ncc3ccc(N4CCC(N5CCNCC5)CC4)cc3c2=O)C(=O)C1. The highest BCUT2D eigenvalue weighted by atomic mass is 16.2. The van der Waals surface area contributed by atoms with Gasteiger partial charge in [0.2, 0.25) is 11.8 Å². The summed E-state index contributed by atoms with van der Waals surface area (Å²) in [5, 5.41) is 9.62. The number of amides is 2. The van der Waals surface area contributed by atoms with Crippen LogP contribution < -0.4 is 20.8 Å². The number of piperidine rings is 2. The number of carbonyl (C=O) groups excluding carboxylic acids is 2. The summed E-state index contributed by atoms with van der Waals surface area (Å²) < 4.78 is 0. The number of nitrogens with zero attached hydrogens (tertiary/aromatic N) is 5. The van der Waals surface area contributed by atoms with Crippen LogP contribution in [0, 0.1) is 5.92 Å². The lowest BCUT2D eigenvalue weighted by Crippen LogP contribution is -2.54. The van der Waals surface area contributed by atoms with E-state index < -0.39 is 5.56 Å². The Morgan fingerprint density at radius 1 is 0.969 bits per heavy atom. The van der Waals surface area contributed by atoms with E-state index in [9.17, 15) is 14.4 Å². The summed E-state index contributed by atoms with van der Waals surface area (Å²) in [6.07, 6.45) is 4.23. The molecular formula is C23H30N6O3. The van der Waals surface area contributed by atoms with Crippen LogP contribution in [0.2, 0.25) is 0 Å². The van der Waals surface area contributed by atoms with Crippen molar-refractivity contribution < 1.29 is 9.59 Å². The van der Waals surface area contributed by atoms with Gasteiger partial charge in [0.15, 0.2) is 0 Å². The van der Waals surface area contributed by atoms with Crippen molar-refractivity contribution in [2.24, 2.45) is 5.92 Å². The standard InChI is InChI=1S/C23H30N6O3/c1-16-12-21(30)28(22(31)13-16)29-23(32)20-14-19(3-2-17(20)15-25-29)26-8-4-18(5-9-26)27-10-6-24-7-11-27/h2-3,14-16,18,24H,4-13H2,1H3. The van der Waals surface area contributed by atoms with Crippen molar-refractivity contribution in [2.45, 2.75) is 38.6 Å². The predicted molar refractivity (Wildman–Crippen MR) is 122 cm³/mol. The third kappa shape index (κ3) is 3.91. The van der Waals surface area contributed by atoms with Crippen molar-refractivity contribution in [1.82, 2.24) is 20.1 Å². The van der Waals surface area contributed by atoms with Crippen molar-refractivity contribution in [3.63, 3.8) is 0 Å². The highest BCUT2D eigenvalue weighted by molar-refractivity contribution is 6.10. The summed E-state index contributed by atoms with van der Waals surface area (Å²) in [5.41, 5.74) is 0.562. The zero-order valence-electron chi connectivity index (χ0n) is 18.5. The topological polar surface area (TPSA) is 90.8 Å². The minimum absolute atomic E-state index is 0.0156. The van der Waals surface area contributed by atoms with Crippen LogP contribution in [0.5, 0.6) is 0 Å². The number of hydrogen-bond donors (Lipinski definition) is 1. The Bertz CT molecular complexity index is 1070. The normalized spacial score (nSPS) is 22.2. The molecule has 3 aliphatic rings. The van der Waals surface area contributed by atoms with Crippen molar-refractivity contribution >= 4 is 28.3 Å². The Morgan fingerprint density at radius 3 is 2.34 bits per heavy atom. The molecule has 1 aromatic heterocycles. The highest BCUT2D eigenvalue weighted by Gasteiger charge is 2.33. The van der Waals surface area contributed by atoms with Gasteiger partial charge in [-0.3, -0.25) is 19.3 Å². The number of aromatic nitrogens is 2. The molecule has 5 rings (SSSR count). The van der Waals surface area contributed by atoms with E-state index in [4.69, 9.17) is 0 Å². The average Bonchev–Trinajstić information content (AvgIpc) is 2.80. The number of hydrogen-bond acceptors (Lipinski definition) is 7. The Balaban J connectivity index is 1.38. The van der Waals surface area contributed by atoms with E-state index >= 15 is 0 Å². The molecule has 0 spiro atoms. The van der Waals surface area contributed by atoms with E-state index in [2.05, 4.69) is 20.2 Å². The molecule has 4 heterocycles. The second kappa shape index (κ2) is 8.63. The largest absolute Gasteiger partial charge is 0.371 e. The van der Waals surface area contributed by atoms with Crippen LogP contribution in [0.1, 0.15) is 32.6 Å². The first-order chi connectivity index (χ1) is 15.5. The third-order valence-electron chi connectivity index (χ3n) is 6.96. The van der Waals surface area contributed by atoms with Gasteiger partial charge in [-0.15, -0.1) is 4.79 Å². The Morgan fingerprint density at radius 2 is 1.66 bits per heavy atom. The molecule has 3 fully saturated rings. The van der Waals surface area contributed by atoms with E-state index in [-0.39, 0.29) is 30.6 Å². The van der Waals surface area contributed by atoms with E-state index in [1.165, 1.54) is 0 Å². The molecule has 170 valence electrons. The molecule has 0 bridgehead atoms. The fourth-order valence-corrected chi connectivity index (χ4v) is 5.19. The number of fused-ring (bicyclic) bond motifs is 1. The number of anilines is 1. The molecule has 0 radical (unpaired) electrons.